The van der Waals surface area contributed by atoms with Crippen LogP contribution in [0.1, 0.15) is 31.2 Å². The lowest BCUT2D eigenvalue weighted by atomic mass is 10.2. The van der Waals surface area contributed by atoms with Crippen molar-refractivity contribution < 1.29 is 5.11 Å². The molecule has 0 heterocycles. The lowest BCUT2D eigenvalue weighted by Crippen LogP contribution is -2.01. The van der Waals surface area contributed by atoms with Crippen LogP contribution in [0.4, 0.5) is 5.69 Å². The molecule has 0 unspecified atom stereocenters. The standard InChI is InChI=1S/C13H17ClN2O/c14-13-9-12(6-5-11(13)10-15)16-7-3-1-2-4-8-17/h5-6,9,16-17H,1-4,7-8H2. The van der Waals surface area contributed by atoms with Crippen molar-refractivity contribution in [2.45, 2.75) is 25.7 Å². The predicted octanol–water partition coefficient (Wildman–Crippen LogP) is 3.18. The topological polar surface area (TPSA) is 56.0 Å². The van der Waals surface area contributed by atoms with Crippen LogP contribution in [0.15, 0.2) is 18.2 Å². The summed E-state index contributed by atoms with van der Waals surface area (Å²) in [6.07, 6.45) is 4.12. The number of hydrogen-bond acceptors (Lipinski definition) is 3. The fourth-order valence-corrected chi connectivity index (χ4v) is 1.76. The Hall–Kier alpha value is -1.24. The van der Waals surface area contributed by atoms with Crippen LogP contribution in [0.5, 0.6) is 0 Å². The van der Waals surface area contributed by atoms with Gasteiger partial charge >= 0.3 is 0 Å². The molecule has 0 bridgehead atoms. The third-order valence-electron chi connectivity index (χ3n) is 2.50. The number of rotatable bonds is 7. The van der Waals surface area contributed by atoms with Gasteiger partial charge in [-0.2, -0.15) is 5.26 Å². The minimum atomic E-state index is 0.276. The third-order valence-corrected chi connectivity index (χ3v) is 2.82. The SMILES string of the molecule is N#Cc1ccc(NCCCCCCO)cc1Cl. The Balaban J connectivity index is 2.28. The first-order valence-electron chi connectivity index (χ1n) is 5.82. The maximum Gasteiger partial charge on any atom is 0.101 e. The van der Waals surface area contributed by atoms with E-state index in [0.29, 0.717) is 10.6 Å². The molecule has 0 aliphatic heterocycles. The van der Waals surface area contributed by atoms with Gasteiger partial charge in [0.1, 0.15) is 6.07 Å². The molecule has 0 saturated carbocycles. The fourth-order valence-electron chi connectivity index (χ4n) is 1.54. The van der Waals surface area contributed by atoms with E-state index in [1.165, 1.54) is 0 Å². The Morgan fingerprint density at radius 1 is 1.24 bits per heavy atom. The average Bonchev–Trinajstić information content (AvgIpc) is 2.34. The number of nitrogens with one attached hydrogen (secondary N) is 1. The van der Waals surface area contributed by atoms with Crippen molar-refractivity contribution in [1.29, 1.82) is 5.26 Å². The van der Waals surface area contributed by atoms with Crippen molar-refractivity contribution in [3.63, 3.8) is 0 Å². The van der Waals surface area contributed by atoms with E-state index in [2.05, 4.69) is 5.32 Å². The number of aliphatic hydroxyl groups is 1. The van der Waals surface area contributed by atoms with Gasteiger partial charge in [-0.05, 0) is 31.0 Å². The molecule has 0 fully saturated rings. The van der Waals surface area contributed by atoms with Crippen LogP contribution in [0.2, 0.25) is 5.02 Å². The second kappa shape index (κ2) is 7.94. The van der Waals surface area contributed by atoms with Crippen molar-refractivity contribution in [3.8, 4) is 6.07 Å². The van der Waals surface area contributed by atoms with Crippen molar-refractivity contribution in [2.24, 2.45) is 0 Å². The van der Waals surface area contributed by atoms with Gasteiger partial charge in [0.05, 0.1) is 10.6 Å². The van der Waals surface area contributed by atoms with E-state index in [9.17, 15) is 0 Å². The number of benzene rings is 1. The largest absolute Gasteiger partial charge is 0.396 e. The first-order valence-corrected chi connectivity index (χ1v) is 6.20. The summed E-state index contributed by atoms with van der Waals surface area (Å²) >= 11 is 5.92. The Bertz CT molecular complexity index is 387. The first-order chi connectivity index (χ1) is 8.27. The number of halogens is 1. The zero-order chi connectivity index (χ0) is 12.5. The van der Waals surface area contributed by atoms with Crippen LogP contribution in [0, 0.1) is 11.3 Å². The minimum absolute atomic E-state index is 0.276. The maximum atomic E-state index is 8.73. The summed E-state index contributed by atoms with van der Waals surface area (Å²) in [5.74, 6) is 0. The molecule has 0 aromatic heterocycles. The zero-order valence-corrected chi connectivity index (χ0v) is 10.5. The average molecular weight is 253 g/mol. The van der Waals surface area contributed by atoms with E-state index < -0.39 is 0 Å². The number of unbranched alkanes of at least 4 members (excludes halogenated alkanes) is 3. The first kappa shape index (κ1) is 13.8. The lowest BCUT2D eigenvalue weighted by Gasteiger charge is -2.07. The summed E-state index contributed by atoms with van der Waals surface area (Å²) in [5.41, 5.74) is 1.44. The second-order valence-corrected chi connectivity index (χ2v) is 4.28. The highest BCUT2D eigenvalue weighted by molar-refractivity contribution is 6.32. The van der Waals surface area contributed by atoms with Crippen LogP contribution in [-0.2, 0) is 0 Å². The number of hydrogen-bond donors (Lipinski definition) is 2. The molecule has 0 spiro atoms. The molecule has 3 nitrogen and oxygen atoms in total. The Labute approximate surface area is 107 Å². The van der Waals surface area contributed by atoms with Gasteiger partial charge in [0.15, 0.2) is 0 Å². The van der Waals surface area contributed by atoms with Gasteiger partial charge in [0.25, 0.3) is 0 Å². The molecule has 0 aliphatic rings. The molecule has 1 aromatic carbocycles. The van der Waals surface area contributed by atoms with E-state index >= 15 is 0 Å². The number of nitrogens with zero attached hydrogens (tertiary/aromatic N) is 1. The molecule has 4 heteroatoms. The minimum Gasteiger partial charge on any atom is -0.396 e. The quantitative estimate of drug-likeness (QED) is 0.733. The van der Waals surface area contributed by atoms with Crippen molar-refractivity contribution in [3.05, 3.63) is 28.8 Å². The number of anilines is 1. The Morgan fingerprint density at radius 2 is 2.00 bits per heavy atom. The van der Waals surface area contributed by atoms with Crippen molar-refractivity contribution in [1.82, 2.24) is 0 Å². The molecular weight excluding hydrogens is 236 g/mol. The normalized spacial score (nSPS) is 9.94. The van der Waals surface area contributed by atoms with Gasteiger partial charge in [-0.1, -0.05) is 24.4 Å². The van der Waals surface area contributed by atoms with Crippen LogP contribution >= 0.6 is 11.6 Å². The summed E-state index contributed by atoms with van der Waals surface area (Å²) in [7, 11) is 0. The molecule has 0 amide bonds. The summed E-state index contributed by atoms with van der Waals surface area (Å²) in [4.78, 5) is 0. The summed E-state index contributed by atoms with van der Waals surface area (Å²) in [5, 5.41) is 21.1. The highest BCUT2D eigenvalue weighted by atomic mass is 35.5. The van der Waals surface area contributed by atoms with Crippen LogP contribution in [-0.4, -0.2) is 18.3 Å². The van der Waals surface area contributed by atoms with Crippen molar-refractivity contribution >= 4 is 17.3 Å². The van der Waals surface area contributed by atoms with E-state index in [1.54, 1.807) is 12.1 Å². The lowest BCUT2D eigenvalue weighted by molar-refractivity contribution is 0.283. The van der Waals surface area contributed by atoms with Gasteiger partial charge in [-0.25, -0.2) is 0 Å². The molecule has 2 N–H and O–H groups in total. The molecule has 0 aliphatic carbocycles. The Kier molecular flexibility index (Phi) is 6.46. The fraction of sp³-hybridized carbons (Fsp3) is 0.462. The molecule has 1 rings (SSSR count). The molecular formula is C13H17ClN2O. The summed E-state index contributed by atoms with van der Waals surface area (Å²) in [6, 6.07) is 7.38. The van der Waals surface area contributed by atoms with Gasteiger partial charge in [-0.15, -0.1) is 0 Å². The van der Waals surface area contributed by atoms with Crippen LogP contribution in [0.25, 0.3) is 0 Å². The molecule has 1 aromatic rings. The molecule has 0 radical (unpaired) electrons. The zero-order valence-electron chi connectivity index (χ0n) is 9.75. The van der Waals surface area contributed by atoms with Gasteiger partial charge in [0, 0.05) is 18.8 Å². The van der Waals surface area contributed by atoms with Gasteiger partial charge < -0.3 is 10.4 Å². The highest BCUT2D eigenvalue weighted by Gasteiger charge is 2.00. The van der Waals surface area contributed by atoms with E-state index in [1.807, 2.05) is 12.1 Å². The summed E-state index contributed by atoms with van der Waals surface area (Å²) in [6.45, 7) is 1.16. The highest BCUT2D eigenvalue weighted by Crippen LogP contribution is 2.20. The number of aliphatic hydroxyl groups excluding tert-OH is 1. The molecule has 92 valence electrons. The monoisotopic (exact) mass is 252 g/mol. The van der Waals surface area contributed by atoms with Crippen molar-refractivity contribution in [2.75, 3.05) is 18.5 Å². The predicted molar refractivity (Wildman–Crippen MR) is 70.2 cm³/mol. The van der Waals surface area contributed by atoms with Crippen LogP contribution < -0.4 is 5.32 Å². The maximum absolute atomic E-state index is 8.73. The van der Waals surface area contributed by atoms with Gasteiger partial charge in [-0.3, -0.25) is 0 Å². The summed E-state index contributed by atoms with van der Waals surface area (Å²) < 4.78 is 0. The van der Waals surface area contributed by atoms with E-state index in [-0.39, 0.29) is 6.61 Å². The molecule has 0 atom stereocenters. The number of nitriles is 1. The van der Waals surface area contributed by atoms with E-state index in [0.717, 1.165) is 37.9 Å². The Morgan fingerprint density at radius 3 is 2.65 bits per heavy atom. The molecule has 0 saturated heterocycles. The van der Waals surface area contributed by atoms with Crippen LogP contribution in [0.3, 0.4) is 0 Å². The second-order valence-electron chi connectivity index (χ2n) is 3.87. The third kappa shape index (κ3) is 5.08. The smallest absolute Gasteiger partial charge is 0.101 e. The molecule has 17 heavy (non-hydrogen) atoms. The van der Waals surface area contributed by atoms with E-state index in [4.69, 9.17) is 22.0 Å². The van der Waals surface area contributed by atoms with Gasteiger partial charge in [0.2, 0.25) is 0 Å².